The molecule has 2 N–H and O–H groups in total. The quantitative estimate of drug-likeness (QED) is 0.880. The zero-order chi connectivity index (χ0) is 14.0. The molecule has 0 unspecified atom stereocenters. The van der Waals surface area contributed by atoms with Gasteiger partial charge in [-0.3, -0.25) is 4.79 Å². The molecule has 3 nitrogen and oxygen atoms in total. The van der Waals surface area contributed by atoms with Crippen LogP contribution in [0.5, 0.6) is 0 Å². The number of rotatable bonds is 3. The first-order chi connectivity index (χ1) is 8.97. The van der Waals surface area contributed by atoms with E-state index in [0.717, 1.165) is 15.3 Å². The van der Waals surface area contributed by atoms with Crippen LogP contribution in [0, 0.1) is 6.92 Å². The number of anilines is 1. The molecule has 0 saturated heterocycles. The van der Waals surface area contributed by atoms with Crippen molar-refractivity contribution < 1.29 is 4.79 Å². The maximum atomic E-state index is 12.2. The van der Waals surface area contributed by atoms with Gasteiger partial charge in [0.2, 0.25) is 0 Å². The average Bonchev–Trinajstić information content (AvgIpc) is 2.79. The Balaban J connectivity index is 2.14. The van der Waals surface area contributed by atoms with Gasteiger partial charge in [-0.15, -0.1) is 11.3 Å². The van der Waals surface area contributed by atoms with Gasteiger partial charge in [-0.25, -0.2) is 0 Å². The summed E-state index contributed by atoms with van der Waals surface area (Å²) in [5, 5.41) is 0.621. The van der Waals surface area contributed by atoms with Crippen molar-refractivity contribution in [2.45, 2.75) is 13.5 Å². The van der Waals surface area contributed by atoms with E-state index in [-0.39, 0.29) is 5.91 Å². The first-order valence-electron chi connectivity index (χ1n) is 5.83. The summed E-state index contributed by atoms with van der Waals surface area (Å²) in [6.45, 7) is 2.43. The molecule has 0 saturated carbocycles. The summed E-state index contributed by atoms with van der Waals surface area (Å²) in [5.74, 6) is -0.00316. The number of carbonyl (C=O) groups excluding carboxylic acids is 1. The van der Waals surface area contributed by atoms with Crippen LogP contribution < -0.4 is 5.73 Å². The molecule has 19 heavy (non-hydrogen) atoms. The number of halogens is 1. The Bertz CT molecular complexity index is 609. The number of hydrogen-bond acceptors (Lipinski definition) is 3. The van der Waals surface area contributed by atoms with Gasteiger partial charge in [0.25, 0.3) is 5.91 Å². The van der Waals surface area contributed by atoms with Gasteiger partial charge in [0.05, 0.1) is 4.88 Å². The third-order valence-electron chi connectivity index (χ3n) is 2.78. The molecule has 0 bridgehead atoms. The van der Waals surface area contributed by atoms with E-state index in [4.69, 9.17) is 17.3 Å². The lowest BCUT2D eigenvalue weighted by molar-refractivity contribution is 0.0790. The Kier molecular flexibility index (Phi) is 4.12. The Morgan fingerprint density at radius 2 is 2.11 bits per heavy atom. The number of amides is 1. The lowest BCUT2D eigenvalue weighted by Gasteiger charge is -2.17. The van der Waals surface area contributed by atoms with Crippen LogP contribution in [0.1, 0.15) is 20.1 Å². The highest BCUT2D eigenvalue weighted by molar-refractivity contribution is 7.13. The number of nitrogens with zero attached hydrogens (tertiary/aromatic N) is 1. The smallest absolute Gasteiger partial charge is 0.263 e. The minimum atomic E-state index is -0.00316. The summed E-state index contributed by atoms with van der Waals surface area (Å²) in [4.78, 5) is 15.7. The van der Waals surface area contributed by atoms with Crippen LogP contribution >= 0.6 is 22.9 Å². The number of thiophene rings is 1. The van der Waals surface area contributed by atoms with Crippen molar-refractivity contribution in [1.82, 2.24) is 4.90 Å². The molecule has 2 rings (SSSR count). The van der Waals surface area contributed by atoms with Gasteiger partial charge in [-0.2, -0.15) is 0 Å². The van der Waals surface area contributed by atoms with Crippen molar-refractivity contribution in [1.29, 1.82) is 0 Å². The highest BCUT2D eigenvalue weighted by Gasteiger charge is 2.15. The third-order valence-corrected chi connectivity index (χ3v) is 4.13. The van der Waals surface area contributed by atoms with E-state index < -0.39 is 0 Å². The SMILES string of the molecule is Cc1ccc(C(=O)N(C)Cc2cc(N)ccc2Cl)s1. The van der Waals surface area contributed by atoms with Gasteiger partial charge in [-0.1, -0.05) is 11.6 Å². The molecule has 1 aromatic carbocycles. The first kappa shape index (κ1) is 13.9. The number of benzene rings is 1. The molecule has 0 aliphatic carbocycles. The van der Waals surface area contributed by atoms with Crippen LogP contribution in [0.4, 0.5) is 5.69 Å². The molecule has 0 spiro atoms. The maximum absolute atomic E-state index is 12.2. The second-order valence-corrected chi connectivity index (χ2v) is 6.12. The third kappa shape index (κ3) is 3.28. The van der Waals surface area contributed by atoms with Gasteiger partial charge in [-0.05, 0) is 42.8 Å². The van der Waals surface area contributed by atoms with Crippen LogP contribution in [0.25, 0.3) is 0 Å². The van der Waals surface area contributed by atoms with E-state index in [2.05, 4.69) is 0 Å². The van der Waals surface area contributed by atoms with Crippen molar-refractivity contribution in [2.24, 2.45) is 0 Å². The predicted octanol–water partition coefficient (Wildman–Crippen LogP) is 3.56. The highest BCUT2D eigenvalue weighted by Crippen LogP contribution is 2.22. The Morgan fingerprint density at radius 3 is 2.74 bits per heavy atom. The molecule has 0 atom stereocenters. The van der Waals surface area contributed by atoms with Crippen molar-refractivity contribution in [3.63, 3.8) is 0 Å². The van der Waals surface area contributed by atoms with Crippen LogP contribution in [0.15, 0.2) is 30.3 Å². The van der Waals surface area contributed by atoms with Crippen molar-refractivity contribution >= 4 is 34.5 Å². The van der Waals surface area contributed by atoms with Crippen molar-refractivity contribution in [3.8, 4) is 0 Å². The molecule has 0 fully saturated rings. The van der Waals surface area contributed by atoms with Gasteiger partial charge in [0.1, 0.15) is 0 Å². The van der Waals surface area contributed by atoms with E-state index in [9.17, 15) is 4.79 Å². The fourth-order valence-electron chi connectivity index (χ4n) is 1.78. The molecule has 5 heteroatoms. The molecule has 0 aliphatic rings. The summed E-state index contributed by atoms with van der Waals surface area (Å²) in [7, 11) is 1.76. The van der Waals surface area contributed by atoms with Gasteiger partial charge in [0, 0.05) is 29.2 Å². The molecule has 100 valence electrons. The number of nitrogen functional groups attached to an aromatic ring is 1. The van der Waals surface area contributed by atoms with Crippen LogP contribution in [0.3, 0.4) is 0 Å². The van der Waals surface area contributed by atoms with Crippen LogP contribution in [-0.4, -0.2) is 17.9 Å². The molecule has 2 aromatic rings. The first-order valence-corrected chi connectivity index (χ1v) is 7.02. The minimum absolute atomic E-state index is 0.00316. The van der Waals surface area contributed by atoms with E-state index in [1.807, 2.05) is 19.1 Å². The van der Waals surface area contributed by atoms with E-state index in [1.54, 1.807) is 30.1 Å². The maximum Gasteiger partial charge on any atom is 0.263 e. The number of nitrogens with two attached hydrogens (primary N) is 1. The van der Waals surface area contributed by atoms with Crippen molar-refractivity contribution in [3.05, 3.63) is 50.7 Å². The molecular formula is C14H15ClN2OS. The molecule has 1 aromatic heterocycles. The Hall–Kier alpha value is -1.52. The second kappa shape index (κ2) is 5.63. The summed E-state index contributed by atoms with van der Waals surface area (Å²) in [5.41, 5.74) is 7.23. The fraction of sp³-hybridized carbons (Fsp3) is 0.214. The zero-order valence-electron chi connectivity index (χ0n) is 10.8. The summed E-state index contributed by atoms with van der Waals surface area (Å²) in [6, 6.07) is 9.08. The molecule has 1 amide bonds. The lowest BCUT2D eigenvalue weighted by atomic mass is 10.2. The zero-order valence-corrected chi connectivity index (χ0v) is 12.4. The minimum Gasteiger partial charge on any atom is -0.399 e. The Labute approximate surface area is 121 Å². The van der Waals surface area contributed by atoms with Crippen LogP contribution in [-0.2, 0) is 6.54 Å². The largest absolute Gasteiger partial charge is 0.399 e. The van der Waals surface area contributed by atoms with Gasteiger partial charge < -0.3 is 10.6 Å². The molecule has 1 heterocycles. The number of carbonyl (C=O) groups is 1. The normalized spacial score (nSPS) is 10.5. The van der Waals surface area contributed by atoms with Gasteiger partial charge in [0.15, 0.2) is 0 Å². The number of hydrogen-bond donors (Lipinski definition) is 1. The number of aryl methyl sites for hydroxylation is 1. The van der Waals surface area contributed by atoms with E-state index in [1.165, 1.54) is 11.3 Å². The van der Waals surface area contributed by atoms with E-state index >= 15 is 0 Å². The predicted molar refractivity (Wildman–Crippen MR) is 80.7 cm³/mol. The lowest BCUT2D eigenvalue weighted by Crippen LogP contribution is -2.25. The second-order valence-electron chi connectivity index (χ2n) is 4.42. The van der Waals surface area contributed by atoms with Gasteiger partial charge >= 0.3 is 0 Å². The monoisotopic (exact) mass is 294 g/mol. The summed E-state index contributed by atoms with van der Waals surface area (Å²) in [6.07, 6.45) is 0. The topological polar surface area (TPSA) is 46.3 Å². The standard InChI is InChI=1S/C14H15ClN2OS/c1-9-3-6-13(19-9)14(18)17(2)8-10-7-11(16)4-5-12(10)15/h3-7H,8,16H2,1-2H3. The summed E-state index contributed by atoms with van der Waals surface area (Å²) >= 11 is 7.60. The molecule has 0 radical (unpaired) electrons. The van der Waals surface area contributed by atoms with Crippen LogP contribution in [0.2, 0.25) is 5.02 Å². The summed E-state index contributed by atoms with van der Waals surface area (Å²) < 4.78 is 0. The Morgan fingerprint density at radius 1 is 1.37 bits per heavy atom. The fourth-order valence-corrected chi connectivity index (χ4v) is 2.82. The highest BCUT2D eigenvalue weighted by atomic mass is 35.5. The molecule has 0 aliphatic heterocycles. The van der Waals surface area contributed by atoms with E-state index in [0.29, 0.717) is 17.3 Å². The molecular weight excluding hydrogens is 280 g/mol. The van der Waals surface area contributed by atoms with Crippen molar-refractivity contribution in [2.75, 3.05) is 12.8 Å². The average molecular weight is 295 g/mol.